The third kappa shape index (κ3) is 5.90. The molecule has 25 heavy (non-hydrogen) atoms. The molecule has 1 N–H and O–H groups in total. The van der Waals surface area contributed by atoms with Crippen molar-refractivity contribution in [3.05, 3.63) is 59.7 Å². The first-order chi connectivity index (χ1) is 11.8. The molecule has 0 aliphatic carbocycles. The summed E-state index contributed by atoms with van der Waals surface area (Å²) in [7, 11) is -3.21. The zero-order valence-electron chi connectivity index (χ0n) is 14.7. The summed E-state index contributed by atoms with van der Waals surface area (Å²) in [5, 5.41) is 3.01. The molecule has 1 amide bonds. The van der Waals surface area contributed by atoms with Gasteiger partial charge in [-0.15, -0.1) is 11.8 Å². The molecular formula is C19H23NO3S2. The molecule has 0 bridgehead atoms. The third-order valence-electron chi connectivity index (χ3n) is 3.85. The molecule has 0 saturated heterocycles. The largest absolute Gasteiger partial charge is 0.349 e. The molecule has 4 nitrogen and oxygen atoms in total. The molecule has 2 rings (SSSR count). The van der Waals surface area contributed by atoms with Gasteiger partial charge in [0.05, 0.1) is 16.7 Å². The first-order valence-corrected chi connectivity index (χ1v) is 11.0. The third-order valence-corrected chi connectivity index (χ3v) is 5.99. The van der Waals surface area contributed by atoms with Gasteiger partial charge >= 0.3 is 0 Å². The number of sulfone groups is 1. The second-order valence-electron chi connectivity index (χ2n) is 5.97. The fraction of sp³-hybridized carbons (Fsp3) is 0.316. The lowest BCUT2D eigenvalue weighted by atomic mass is 10.0. The van der Waals surface area contributed by atoms with Gasteiger partial charge in [-0.05, 0) is 43.2 Å². The second-order valence-corrected chi connectivity index (χ2v) is 9.04. The average molecular weight is 378 g/mol. The van der Waals surface area contributed by atoms with Crippen LogP contribution in [-0.4, -0.2) is 26.3 Å². The summed E-state index contributed by atoms with van der Waals surface area (Å²) in [4.78, 5) is 13.6. The number of carbonyl (C=O) groups excluding carboxylic acids is 1. The summed E-state index contributed by atoms with van der Waals surface area (Å²) < 4.78 is 23.1. The highest BCUT2D eigenvalue weighted by Crippen LogP contribution is 2.21. The van der Waals surface area contributed by atoms with Gasteiger partial charge in [-0.3, -0.25) is 4.79 Å². The van der Waals surface area contributed by atoms with E-state index in [1.165, 1.54) is 23.6 Å². The van der Waals surface area contributed by atoms with E-state index in [0.29, 0.717) is 5.75 Å². The lowest BCUT2D eigenvalue weighted by molar-refractivity contribution is -0.119. The number of amides is 1. The Morgan fingerprint density at radius 1 is 1.08 bits per heavy atom. The zero-order chi connectivity index (χ0) is 18.4. The standard InChI is InChI=1S/C19H23NO3S2/c1-4-18(15-7-11-17(12-8-15)25(3,22)23)20-19(21)13-24-16-9-5-14(2)6-10-16/h5-12,18H,4,13H2,1-3H3,(H,20,21)/t18-/m1/s1. The van der Waals surface area contributed by atoms with E-state index < -0.39 is 9.84 Å². The minimum atomic E-state index is -3.21. The first-order valence-electron chi connectivity index (χ1n) is 8.08. The number of hydrogen-bond acceptors (Lipinski definition) is 4. The molecule has 0 unspecified atom stereocenters. The highest BCUT2D eigenvalue weighted by molar-refractivity contribution is 8.00. The van der Waals surface area contributed by atoms with Crippen LogP contribution in [0.3, 0.4) is 0 Å². The van der Waals surface area contributed by atoms with Crippen LogP contribution in [0.1, 0.15) is 30.5 Å². The molecule has 0 fully saturated rings. The van der Waals surface area contributed by atoms with Gasteiger partial charge in [0.2, 0.25) is 5.91 Å². The quantitative estimate of drug-likeness (QED) is 0.746. The van der Waals surface area contributed by atoms with Crippen LogP contribution in [0.4, 0.5) is 0 Å². The zero-order valence-corrected chi connectivity index (χ0v) is 16.3. The van der Waals surface area contributed by atoms with Crippen molar-refractivity contribution >= 4 is 27.5 Å². The molecule has 0 radical (unpaired) electrons. The maximum atomic E-state index is 12.2. The smallest absolute Gasteiger partial charge is 0.230 e. The molecule has 134 valence electrons. The maximum Gasteiger partial charge on any atom is 0.230 e. The Balaban J connectivity index is 1.96. The number of benzene rings is 2. The summed E-state index contributed by atoms with van der Waals surface area (Å²) in [6.07, 6.45) is 1.92. The van der Waals surface area contributed by atoms with Gasteiger partial charge < -0.3 is 5.32 Å². The Bertz CT molecular complexity index is 813. The van der Waals surface area contributed by atoms with Crippen molar-refractivity contribution in [3.8, 4) is 0 Å². The van der Waals surface area contributed by atoms with E-state index in [1.54, 1.807) is 24.3 Å². The van der Waals surface area contributed by atoms with Crippen molar-refractivity contribution in [2.75, 3.05) is 12.0 Å². The van der Waals surface area contributed by atoms with E-state index in [4.69, 9.17) is 0 Å². The van der Waals surface area contributed by atoms with Crippen LogP contribution in [0.25, 0.3) is 0 Å². The highest BCUT2D eigenvalue weighted by atomic mass is 32.2. The van der Waals surface area contributed by atoms with E-state index in [0.717, 1.165) is 16.9 Å². The molecule has 0 aliphatic rings. The Morgan fingerprint density at radius 2 is 1.68 bits per heavy atom. The van der Waals surface area contributed by atoms with E-state index in [-0.39, 0.29) is 16.8 Å². The van der Waals surface area contributed by atoms with E-state index in [9.17, 15) is 13.2 Å². The molecule has 2 aromatic carbocycles. The van der Waals surface area contributed by atoms with E-state index in [2.05, 4.69) is 5.32 Å². The van der Waals surface area contributed by atoms with Crippen LogP contribution >= 0.6 is 11.8 Å². The fourth-order valence-electron chi connectivity index (χ4n) is 2.39. The van der Waals surface area contributed by atoms with E-state index >= 15 is 0 Å². The lowest BCUT2D eigenvalue weighted by Gasteiger charge is -2.17. The summed E-state index contributed by atoms with van der Waals surface area (Å²) in [5.74, 6) is 0.311. The van der Waals surface area contributed by atoms with Crippen LogP contribution in [0.5, 0.6) is 0 Å². The van der Waals surface area contributed by atoms with Crippen molar-refractivity contribution in [2.45, 2.75) is 36.1 Å². The molecule has 0 spiro atoms. The SMILES string of the molecule is CC[C@@H](NC(=O)CSc1ccc(C)cc1)c1ccc(S(C)(=O)=O)cc1. The molecule has 0 heterocycles. The van der Waals surface area contributed by atoms with Crippen molar-refractivity contribution in [1.29, 1.82) is 0 Å². The molecule has 1 atom stereocenters. The summed E-state index contributed by atoms with van der Waals surface area (Å²) >= 11 is 1.50. The summed E-state index contributed by atoms with van der Waals surface area (Å²) in [6, 6.07) is 14.6. The summed E-state index contributed by atoms with van der Waals surface area (Å²) in [5.41, 5.74) is 2.10. The number of rotatable bonds is 7. The Hall–Kier alpha value is -1.79. The lowest BCUT2D eigenvalue weighted by Crippen LogP contribution is -2.29. The van der Waals surface area contributed by atoms with Crippen molar-refractivity contribution in [3.63, 3.8) is 0 Å². The fourth-order valence-corrected chi connectivity index (χ4v) is 3.73. The van der Waals surface area contributed by atoms with E-state index in [1.807, 2.05) is 38.1 Å². The number of thioether (sulfide) groups is 1. The molecule has 2 aromatic rings. The summed E-state index contributed by atoms with van der Waals surface area (Å²) in [6.45, 7) is 4.02. The van der Waals surface area contributed by atoms with Crippen molar-refractivity contribution in [1.82, 2.24) is 5.32 Å². The predicted molar refractivity (Wildman–Crippen MR) is 103 cm³/mol. The number of hydrogen-bond donors (Lipinski definition) is 1. The minimum Gasteiger partial charge on any atom is -0.349 e. The minimum absolute atomic E-state index is 0.0374. The number of nitrogens with one attached hydrogen (secondary N) is 1. The Morgan fingerprint density at radius 3 is 2.20 bits per heavy atom. The van der Waals surface area contributed by atoms with Crippen LogP contribution < -0.4 is 5.32 Å². The predicted octanol–water partition coefficient (Wildman–Crippen LogP) is 3.76. The normalized spacial score (nSPS) is 12.6. The molecule has 0 aliphatic heterocycles. The Labute approximate surface area is 154 Å². The Kier molecular flexibility index (Phi) is 6.67. The second kappa shape index (κ2) is 8.54. The van der Waals surface area contributed by atoms with Crippen molar-refractivity contribution in [2.24, 2.45) is 0 Å². The maximum absolute atomic E-state index is 12.2. The topological polar surface area (TPSA) is 63.2 Å². The van der Waals surface area contributed by atoms with Gasteiger partial charge in [-0.1, -0.05) is 36.8 Å². The van der Waals surface area contributed by atoms with Gasteiger partial charge in [-0.2, -0.15) is 0 Å². The van der Waals surface area contributed by atoms with Gasteiger partial charge in [0, 0.05) is 11.2 Å². The van der Waals surface area contributed by atoms with Gasteiger partial charge in [0.1, 0.15) is 0 Å². The molecule has 0 saturated carbocycles. The molecular weight excluding hydrogens is 354 g/mol. The monoisotopic (exact) mass is 377 g/mol. The highest BCUT2D eigenvalue weighted by Gasteiger charge is 2.14. The number of carbonyl (C=O) groups is 1. The average Bonchev–Trinajstić information content (AvgIpc) is 2.58. The molecule has 6 heteroatoms. The van der Waals surface area contributed by atoms with Crippen LogP contribution in [-0.2, 0) is 14.6 Å². The van der Waals surface area contributed by atoms with Crippen molar-refractivity contribution < 1.29 is 13.2 Å². The first kappa shape index (κ1) is 19.5. The van der Waals surface area contributed by atoms with Gasteiger partial charge in [0.15, 0.2) is 9.84 Å². The van der Waals surface area contributed by atoms with Crippen LogP contribution in [0.15, 0.2) is 58.3 Å². The van der Waals surface area contributed by atoms with Gasteiger partial charge in [-0.25, -0.2) is 8.42 Å². The van der Waals surface area contributed by atoms with Crippen LogP contribution in [0.2, 0.25) is 0 Å². The van der Waals surface area contributed by atoms with Gasteiger partial charge in [0.25, 0.3) is 0 Å². The number of aryl methyl sites for hydroxylation is 1. The molecule has 0 aromatic heterocycles. The van der Waals surface area contributed by atoms with Crippen LogP contribution in [0, 0.1) is 6.92 Å².